The van der Waals surface area contributed by atoms with Gasteiger partial charge in [0.15, 0.2) is 0 Å². The van der Waals surface area contributed by atoms with E-state index in [1.165, 1.54) is 12.1 Å². The number of nitrogens with two attached hydrogens (primary N) is 1. The van der Waals surface area contributed by atoms with E-state index >= 15 is 0 Å². The van der Waals surface area contributed by atoms with Crippen LogP contribution in [0.4, 0.5) is 0 Å². The van der Waals surface area contributed by atoms with E-state index in [1.807, 2.05) is 0 Å². The monoisotopic (exact) mass is 241 g/mol. The van der Waals surface area contributed by atoms with Crippen LogP contribution in [0.1, 0.15) is 5.56 Å². The van der Waals surface area contributed by atoms with Crippen LogP contribution in [0, 0.1) is 0 Å². The summed E-state index contributed by atoms with van der Waals surface area (Å²) in [7, 11) is -4.07. The van der Waals surface area contributed by atoms with Gasteiger partial charge in [-0.1, -0.05) is 12.1 Å². The zero-order valence-corrected chi connectivity index (χ0v) is 7.79. The zero-order chi connectivity index (χ0) is 9.90. The van der Waals surface area contributed by atoms with Gasteiger partial charge in [-0.2, -0.15) is 8.42 Å². The summed E-state index contributed by atoms with van der Waals surface area (Å²) in [5.41, 5.74) is 6.27. The Morgan fingerprint density at radius 3 is 2.07 bits per heavy atom. The Morgan fingerprint density at radius 1 is 1.21 bits per heavy atom. The molecule has 1 rings (SSSR count). The van der Waals surface area contributed by atoms with Gasteiger partial charge in [-0.05, 0) is 30.7 Å². The van der Waals surface area contributed by atoms with Gasteiger partial charge in [0.2, 0.25) is 0 Å². The van der Waals surface area contributed by atoms with Gasteiger partial charge < -0.3 is 5.73 Å². The van der Waals surface area contributed by atoms with Crippen molar-refractivity contribution in [2.75, 3.05) is 6.54 Å². The Morgan fingerprint density at radius 2 is 1.71 bits per heavy atom. The van der Waals surface area contributed by atoms with E-state index in [9.17, 15) is 8.42 Å². The Bertz CT molecular complexity index is 374. The fraction of sp³-hybridized carbons (Fsp3) is 0.250. The molecule has 0 spiro atoms. The predicted octanol–water partition coefficient (Wildman–Crippen LogP) is -0.214. The van der Waals surface area contributed by atoms with Crippen molar-refractivity contribution in [2.24, 2.45) is 5.73 Å². The molecule has 0 heterocycles. The summed E-state index contributed by atoms with van der Waals surface area (Å²) < 4.78 is 29.9. The van der Waals surface area contributed by atoms with Crippen LogP contribution in [0.15, 0.2) is 29.2 Å². The number of rotatable bonds is 3. The van der Waals surface area contributed by atoms with E-state index in [-0.39, 0.29) is 56.3 Å². The van der Waals surface area contributed by atoms with E-state index in [4.69, 9.17) is 10.3 Å². The molecule has 0 amide bonds. The van der Waals surface area contributed by atoms with Crippen molar-refractivity contribution in [3.63, 3.8) is 0 Å². The van der Waals surface area contributed by atoms with Crippen LogP contribution in [0.2, 0.25) is 0 Å². The minimum absolute atomic E-state index is 0. The van der Waals surface area contributed by atoms with Crippen molar-refractivity contribution in [3.05, 3.63) is 29.8 Å². The predicted molar refractivity (Wildman–Crippen MR) is 56.2 cm³/mol. The zero-order valence-electron chi connectivity index (χ0n) is 6.97. The van der Waals surface area contributed by atoms with Gasteiger partial charge in [0.1, 0.15) is 0 Å². The maximum atomic E-state index is 10.6. The van der Waals surface area contributed by atoms with E-state index in [2.05, 4.69) is 0 Å². The molecule has 14 heavy (non-hydrogen) atoms. The van der Waals surface area contributed by atoms with E-state index in [1.54, 1.807) is 12.1 Å². The summed E-state index contributed by atoms with van der Waals surface area (Å²) in [6, 6.07) is 5.99. The molecular formula is C8H12KNO3S. The molecule has 0 saturated heterocycles. The quantitative estimate of drug-likeness (QED) is 0.566. The van der Waals surface area contributed by atoms with E-state index in [0.29, 0.717) is 13.0 Å². The summed E-state index contributed by atoms with van der Waals surface area (Å²) in [6.45, 7) is 0.519. The van der Waals surface area contributed by atoms with Crippen LogP contribution < -0.4 is 5.73 Å². The molecule has 0 aliphatic carbocycles. The van der Waals surface area contributed by atoms with Gasteiger partial charge in [-0.15, -0.1) is 0 Å². The average Bonchev–Trinajstić information content (AvgIpc) is 2.04. The van der Waals surface area contributed by atoms with Crippen LogP contribution in [0.3, 0.4) is 0 Å². The van der Waals surface area contributed by atoms with Crippen molar-refractivity contribution in [1.29, 1.82) is 0 Å². The first-order chi connectivity index (χ1) is 6.04. The number of hydrogen-bond acceptors (Lipinski definition) is 3. The molecule has 0 fully saturated rings. The molecule has 0 bridgehead atoms. The third-order valence-electron chi connectivity index (χ3n) is 1.65. The normalized spacial score (nSPS) is 10.7. The Kier molecular flexibility index (Phi) is 6.67. The van der Waals surface area contributed by atoms with Crippen molar-refractivity contribution in [1.82, 2.24) is 0 Å². The molecular weight excluding hydrogens is 229 g/mol. The molecule has 74 valence electrons. The summed E-state index contributed by atoms with van der Waals surface area (Å²) in [5, 5.41) is 0. The molecule has 6 heteroatoms. The Hall–Kier alpha value is 0.726. The number of hydrogen-bond donors (Lipinski definition) is 2. The van der Waals surface area contributed by atoms with Gasteiger partial charge in [0.25, 0.3) is 10.1 Å². The molecule has 3 N–H and O–H groups in total. The number of benzene rings is 1. The summed E-state index contributed by atoms with van der Waals surface area (Å²) in [4.78, 5) is -0.0896. The molecule has 0 saturated carbocycles. The van der Waals surface area contributed by atoms with Crippen LogP contribution in [-0.2, 0) is 16.5 Å². The van der Waals surface area contributed by atoms with Gasteiger partial charge in [-0.3, -0.25) is 4.55 Å². The SMILES string of the molecule is NCCc1ccc(S(=O)(=O)O)cc1.[KH]. The second-order valence-corrected chi connectivity index (χ2v) is 4.08. The van der Waals surface area contributed by atoms with Crippen molar-refractivity contribution in [3.8, 4) is 0 Å². The van der Waals surface area contributed by atoms with Crippen molar-refractivity contribution in [2.45, 2.75) is 11.3 Å². The first-order valence-corrected chi connectivity index (χ1v) is 5.24. The summed E-state index contributed by atoms with van der Waals surface area (Å²) >= 11 is 0. The fourth-order valence-electron chi connectivity index (χ4n) is 0.995. The molecule has 0 aromatic heterocycles. The van der Waals surface area contributed by atoms with Gasteiger partial charge in [0, 0.05) is 0 Å². The van der Waals surface area contributed by atoms with Gasteiger partial charge in [0.05, 0.1) is 4.90 Å². The third-order valence-corrected chi connectivity index (χ3v) is 2.52. The van der Waals surface area contributed by atoms with Gasteiger partial charge >= 0.3 is 51.4 Å². The second-order valence-electron chi connectivity index (χ2n) is 2.66. The molecule has 1 aromatic rings. The average molecular weight is 241 g/mol. The molecule has 0 atom stereocenters. The molecule has 1 aromatic carbocycles. The third kappa shape index (κ3) is 4.50. The first kappa shape index (κ1) is 14.7. The van der Waals surface area contributed by atoms with Crippen molar-refractivity contribution < 1.29 is 13.0 Å². The molecule has 0 aliphatic rings. The standard InChI is InChI=1S/C8H11NO3S.K.H/c9-6-5-7-1-3-8(4-2-7)13(10,11)12;;/h1-4H,5-6,9H2,(H,10,11,12);;. The summed E-state index contributed by atoms with van der Waals surface area (Å²) in [6.07, 6.45) is 0.700. The maximum absolute atomic E-state index is 10.6. The van der Waals surface area contributed by atoms with Gasteiger partial charge in [-0.25, -0.2) is 0 Å². The van der Waals surface area contributed by atoms with E-state index < -0.39 is 10.1 Å². The first-order valence-electron chi connectivity index (χ1n) is 3.80. The molecule has 0 aliphatic heterocycles. The Balaban J connectivity index is 0.00000169. The topological polar surface area (TPSA) is 80.4 Å². The summed E-state index contributed by atoms with van der Waals surface area (Å²) in [5.74, 6) is 0. The Labute approximate surface area is 126 Å². The van der Waals surface area contributed by atoms with E-state index in [0.717, 1.165) is 5.56 Å². The van der Waals surface area contributed by atoms with Crippen LogP contribution >= 0.6 is 0 Å². The van der Waals surface area contributed by atoms with Crippen LogP contribution in [-0.4, -0.2) is 70.9 Å². The molecule has 0 radical (unpaired) electrons. The minimum atomic E-state index is -4.07. The van der Waals surface area contributed by atoms with Crippen LogP contribution in [0.25, 0.3) is 0 Å². The fourth-order valence-corrected chi connectivity index (χ4v) is 1.47. The molecule has 0 unspecified atom stereocenters. The second kappa shape index (κ2) is 6.34. The van der Waals surface area contributed by atoms with Crippen molar-refractivity contribution >= 4 is 61.5 Å². The molecule has 4 nitrogen and oxygen atoms in total. The van der Waals surface area contributed by atoms with Crippen LogP contribution in [0.5, 0.6) is 0 Å².